The fraction of sp³-hybridized carbons (Fsp3) is 0.273. The van der Waals surface area contributed by atoms with Crippen LogP contribution in [-0.2, 0) is 11.3 Å². The summed E-state index contributed by atoms with van der Waals surface area (Å²) in [6.07, 6.45) is 4.73. The summed E-state index contributed by atoms with van der Waals surface area (Å²) in [4.78, 5) is 43.4. The summed E-state index contributed by atoms with van der Waals surface area (Å²) in [6.45, 7) is 1.15. The van der Waals surface area contributed by atoms with Gasteiger partial charge in [0, 0.05) is 37.7 Å². The molecule has 3 amide bonds. The second-order valence-electron chi connectivity index (χ2n) is 7.54. The summed E-state index contributed by atoms with van der Waals surface area (Å²) >= 11 is 0.875. The molecule has 1 aliphatic heterocycles. The lowest BCUT2D eigenvalue weighted by molar-refractivity contribution is -0.126. The van der Waals surface area contributed by atoms with E-state index in [0.29, 0.717) is 31.6 Å². The predicted molar refractivity (Wildman–Crippen MR) is 119 cm³/mol. The van der Waals surface area contributed by atoms with E-state index in [1.165, 1.54) is 24.3 Å². The molecule has 1 atom stereocenters. The summed E-state index contributed by atoms with van der Waals surface area (Å²) < 4.78 is 13.0. The van der Waals surface area contributed by atoms with Crippen LogP contribution in [0.3, 0.4) is 0 Å². The van der Waals surface area contributed by atoms with E-state index >= 15 is 0 Å². The van der Waals surface area contributed by atoms with Gasteiger partial charge in [0.1, 0.15) is 5.82 Å². The van der Waals surface area contributed by atoms with Crippen LogP contribution in [0.2, 0.25) is 0 Å². The van der Waals surface area contributed by atoms with Crippen LogP contribution in [-0.4, -0.2) is 50.9 Å². The lowest BCUT2D eigenvalue weighted by Crippen LogP contribution is -2.45. The van der Waals surface area contributed by atoms with E-state index in [2.05, 4.69) is 25.8 Å². The molecule has 170 valence electrons. The number of likely N-dealkylation sites (tertiary alicyclic amines) is 1. The monoisotopic (exact) mass is 468 g/mol. The molecule has 0 saturated carbocycles. The van der Waals surface area contributed by atoms with Crippen molar-refractivity contribution < 1.29 is 18.8 Å². The second-order valence-corrected chi connectivity index (χ2v) is 8.52. The zero-order chi connectivity index (χ0) is 23.2. The third-order valence-electron chi connectivity index (χ3n) is 5.17. The molecule has 2 aromatic heterocycles. The van der Waals surface area contributed by atoms with Gasteiger partial charge in [-0.25, -0.2) is 4.39 Å². The number of benzene rings is 1. The Morgan fingerprint density at radius 1 is 1.12 bits per heavy atom. The third-order valence-corrected chi connectivity index (χ3v) is 6.08. The molecule has 1 aromatic carbocycles. The number of carbonyl (C=O) groups excluding carboxylic acids is 3. The Hall–Kier alpha value is -3.73. The van der Waals surface area contributed by atoms with Crippen LogP contribution in [0.25, 0.3) is 0 Å². The molecular formula is C22H21FN6O3S. The Labute approximate surface area is 193 Å². The molecule has 3 heterocycles. The van der Waals surface area contributed by atoms with Gasteiger partial charge in [0.25, 0.3) is 11.8 Å². The van der Waals surface area contributed by atoms with E-state index in [-0.39, 0.29) is 34.3 Å². The Bertz CT molecular complexity index is 1140. The van der Waals surface area contributed by atoms with Gasteiger partial charge in [0.2, 0.25) is 15.9 Å². The maximum absolute atomic E-state index is 13.0. The average molecular weight is 469 g/mol. The molecule has 3 aromatic rings. The Kier molecular flexibility index (Phi) is 6.98. The molecule has 2 N–H and O–H groups in total. The van der Waals surface area contributed by atoms with Crippen LogP contribution in [0.4, 0.5) is 10.1 Å². The van der Waals surface area contributed by atoms with Gasteiger partial charge in [-0.3, -0.25) is 19.4 Å². The number of anilines is 1. The first-order chi connectivity index (χ1) is 16.0. The summed E-state index contributed by atoms with van der Waals surface area (Å²) in [5, 5.41) is 13.3. The fourth-order valence-electron chi connectivity index (χ4n) is 3.47. The highest BCUT2D eigenvalue weighted by Crippen LogP contribution is 2.21. The zero-order valence-electron chi connectivity index (χ0n) is 17.5. The highest BCUT2D eigenvalue weighted by Gasteiger charge is 2.30. The number of rotatable bonds is 6. The lowest BCUT2D eigenvalue weighted by Gasteiger charge is -2.31. The summed E-state index contributed by atoms with van der Waals surface area (Å²) in [5.74, 6) is -1.76. The second kappa shape index (κ2) is 10.3. The van der Waals surface area contributed by atoms with Crippen molar-refractivity contribution >= 4 is 34.7 Å². The Balaban J connectivity index is 1.33. The highest BCUT2D eigenvalue weighted by atomic mass is 32.1. The number of hydrogen-bond acceptors (Lipinski definition) is 7. The minimum absolute atomic E-state index is 0.0189. The van der Waals surface area contributed by atoms with Gasteiger partial charge < -0.3 is 15.5 Å². The largest absolute Gasteiger partial charge is 0.352 e. The molecule has 0 radical (unpaired) electrons. The molecule has 0 bridgehead atoms. The first kappa shape index (κ1) is 22.5. The molecule has 9 nitrogen and oxygen atoms in total. The normalized spacial score (nSPS) is 15.7. The summed E-state index contributed by atoms with van der Waals surface area (Å²) in [7, 11) is 0. The summed E-state index contributed by atoms with van der Waals surface area (Å²) in [5.41, 5.74) is 1.30. The third kappa shape index (κ3) is 5.75. The van der Waals surface area contributed by atoms with Crippen LogP contribution in [0.15, 0.2) is 48.8 Å². The first-order valence-electron chi connectivity index (χ1n) is 10.4. The molecule has 1 aliphatic rings. The number of pyridine rings is 1. The van der Waals surface area contributed by atoms with Crippen molar-refractivity contribution in [2.45, 2.75) is 19.4 Å². The smallest absolute Gasteiger partial charge is 0.286 e. The van der Waals surface area contributed by atoms with Crippen molar-refractivity contribution in [1.29, 1.82) is 0 Å². The number of aromatic nitrogens is 3. The first-order valence-corrected chi connectivity index (χ1v) is 11.2. The number of nitrogens with one attached hydrogen (secondary N) is 2. The van der Waals surface area contributed by atoms with E-state index in [9.17, 15) is 18.8 Å². The molecule has 4 rings (SSSR count). The van der Waals surface area contributed by atoms with Crippen LogP contribution < -0.4 is 10.6 Å². The number of amides is 3. The topological polar surface area (TPSA) is 117 Å². The van der Waals surface area contributed by atoms with Gasteiger partial charge in [0.05, 0.1) is 5.92 Å². The molecule has 0 spiro atoms. The van der Waals surface area contributed by atoms with Crippen molar-refractivity contribution in [3.8, 4) is 0 Å². The molecule has 33 heavy (non-hydrogen) atoms. The minimum Gasteiger partial charge on any atom is -0.352 e. The van der Waals surface area contributed by atoms with Crippen LogP contribution in [0.5, 0.6) is 0 Å². The van der Waals surface area contributed by atoms with Crippen molar-refractivity contribution in [3.05, 3.63) is 70.2 Å². The molecule has 11 heteroatoms. The van der Waals surface area contributed by atoms with Gasteiger partial charge >= 0.3 is 0 Å². The van der Waals surface area contributed by atoms with E-state index < -0.39 is 11.7 Å². The molecular weight excluding hydrogens is 447 g/mol. The Morgan fingerprint density at radius 2 is 1.91 bits per heavy atom. The van der Waals surface area contributed by atoms with E-state index in [4.69, 9.17) is 0 Å². The van der Waals surface area contributed by atoms with Crippen LogP contribution in [0.1, 0.15) is 38.0 Å². The zero-order valence-corrected chi connectivity index (χ0v) is 18.3. The Morgan fingerprint density at radius 3 is 2.67 bits per heavy atom. The van der Waals surface area contributed by atoms with Gasteiger partial charge in [-0.05, 0) is 48.7 Å². The number of halogens is 1. The summed E-state index contributed by atoms with van der Waals surface area (Å²) in [6, 6.07) is 8.98. The molecule has 1 fully saturated rings. The average Bonchev–Trinajstić information content (AvgIpc) is 3.35. The van der Waals surface area contributed by atoms with Gasteiger partial charge in [-0.2, -0.15) is 0 Å². The molecule has 1 saturated heterocycles. The van der Waals surface area contributed by atoms with Crippen molar-refractivity contribution in [3.63, 3.8) is 0 Å². The van der Waals surface area contributed by atoms with E-state index in [0.717, 1.165) is 16.9 Å². The van der Waals surface area contributed by atoms with Gasteiger partial charge in [-0.1, -0.05) is 17.4 Å². The maximum atomic E-state index is 13.0. The maximum Gasteiger partial charge on any atom is 0.286 e. The van der Waals surface area contributed by atoms with Crippen LogP contribution in [0, 0.1) is 11.7 Å². The number of piperidine rings is 1. The molecule has 0 unspecified atom stereocenters. The number of carbonyl (C=O) groups is 3. The fourth-order valence-corrected chi connectivity index (χ4v) is 4.17. The van der Waals surface area contributed by atoms with Crippen LogP contribution >= 0.6 is 11.3 Å². The van der Waals surface area contributed by atoms with E-state index in [1.807, 2.05) is 6.07 Å². The van der Waals surface area contributed by atoms with E-state index in [1.54, 1.807) is 23.4 Å². The number of hydrogen-bond donors (Lipinski definition) is 2. The predicted octanol–water partition coefficient (Wildman–Crippen LogP) is 2.49. The SMILES string of the molecule is O=C(Nc1ccc(F)cc1)c1nnc(C(=O)N2CCC[C@@H](C(=O)NCc3cccnc3)C2)s1. The van der Waals surface area contributed by atoms with Gasteiger partial charge in [-0.15, -0.1) is 10.2 Å². The van der Waals surface area contributed by atoms with Crippen molar-refractivity contribution in [2.24, 2.45) is 5.92 Å². The minimum atomic E-state index is -0.538. The van der Waals surface area contributed by atoms with Crippen molar-refractivity contribution in [2.75, 3.05) is 18.4 Å². The number of nitrogens with zero attached hydrogens (tertiary/aromatic N) is 4. The standard InChI is InChI=1S/C22H21FN6O3S/c23-16-5-7-17(8-6-16)26-19(31)20-27-28-21(33-20)22(32)29-10-2-4-15(13-29)18(30)25-12-14-3-1-9-24-11-14/h1,3,5-9,11,15H,2,4,10,12-13H2,(H,25,30)(H,26,31)/t15-/m1/s1. The highest BCUT2D eigenvalue weighted by molar-refractivity contribution is 7.15. The van der Waals surface area contributed by atoms with Crippen molar-refractivity contribution in [1.82, 2.24) is 25.4 Å². The molecule has 0 aliphatic carbocycles. The quantitative estimate of drug-likeness (QED) is 0.574. The lowest BCUT2D eigenvalue weighted by atomic mass is 9.97. The van der Waals surface area contributed by atoms with Gasteiger partial charge in [0.15, 0.2) is 0 Å².